The molecule has 5 heteroatoms. The standard InChI is InChI=1S/C10H10O2S.C7H6OS.2C4H10/c1-2-7-12-10(13)8-3-5-9(11)6-4-8;8-7(9)6-4-2-1-3-5-6;2*1-4(2)3/h2-6,11H,1,7H2;1-5H,(H,8,9);2*4H,1-3H3. The van der Waals surface area contributed by atoms with Crippen molar-refractivity contribution >= 4 is 34.5 Å². The Morgan fingerprint density at radius 2 is 1.30 bits per heavy atom. The van der Waals surface area contributed by atoms with Crippen LogP contribution in [0.2, 0.25) is 0 Å². The molecule has 0 amide bonds. The molecule has 0 spiro atoms. The van der Waals surface area contributed by atoms with Gasteiger partial charge in [-0.25, -0.2) is 0 Å². The van der Waals surface area contributed by atoms with Crippen LogP contribution in [0.5, 0.6) is 5.75 Å². The van der Waals surface area contributed by atoms with Gasteiger partial charge in [0.1, 0.15) is 12.4 Å². The molecule has 166 valence electrons. The van der Waals surface area contributed by atoms with Crippen LogP contribution >= 0.6 is 24.4 Å². The molecule has 30 heavy (non-hydrogen) atoms. The normalized spacial score (nSPS) is 9.07. The Labute approximate surface area is 193 Å². The molecule has 0 aliphatic carbocycles. The van der Waals surface area contributed by atoms with E-state index in [9.17, 15) is 0 Å². The van der Waals surface area contributed by atoms with Crippen LogP contribution in [0.1, 0.15) is 52.7 Å². The Hall–Kier alpha value is -2.24. The van der Waals surface area contributed by atoms with Gasteiger partial charge in [0.05, 0.1) is 0 Å². The first kappa shape index (κ1) is 30.0. The lowest BCUT2D eigenvalue weighted by Crippen LogP contribution is -2.02. The van der Waals surface area contributed by atoms with Gasteiger partial charge in [0.2, 0.25) is 0 Å². The maximum absolute atomic E-state index is 9.01. The number of hydrogen-bond donors (Lipinski definition) is 2. The van der Waals surface area contributed by atoms with Gasteiger partial charge in [0.25, 0.3) is 0 Å². The fraction of sp³-hybridized carbons (Fsp3) is 0.360. The van der Waals surface area contributed by atoms with Crippen molar-refractivity contribution in [1.29, 1.82) is 0 Å². The molecule has 2 N–H and O–H groups in total. The number of aromatic hydroxyl groups is 1. The van der Waals surface area contributed by atoms with Gasteiger partial charge in [-0.05, 0) is 60.5 Å². The second-order valence-corrected chi connectivity index (χ2v) is 8.33. The highest BCUT2D eigenvalue weighted by molar-refractivity contribution is 7.80. The van der Waals surface area contributed by atoms with Crippen molar-refractivity contribution in [2.75, 3.05) is 6.61 Å². The SMILES string of the molecule is C=CCOC(=S)c1ccc(O)cc1.CC(C)C.CC(C)C.OC(=S)c1ccccc1. The molecule has 0 aliphatic heterocycles. The fourth-order valence-corrected chi connectivity index (χ4v) is 1.74. The molecule has 3 nitrogen and oxygen atoms in total. The molecule has 0 aliphatic rings. The lowest BCUT2D eigenvalue weighted by atomic mass is 10.2. The number of aliphatic hydroxyl groups is 1. The summed E-state index contributed by atoms with van der Waals surface area (Å²) >= 11 is 9.50. The summed E-state index contributed by atoms with van der Waals surface area (Å²) in [6, 6.07) is 15.6. The molecule has 2 aromatic carbocycles. The topological polar surface area (TPSA) is 49.7 Å². The molecule has 2 rings (SSSR count). The van der Waals surface area contributed by atoms with E-state index < -0.39 is 0 Å². The first-order chi connectivity index (χ1) is 14.0. The number of aliphatic hydroxyl groups excluding tert-OH is 1. The summed E-state index contributed by atoms with van der Waals surface area (Å²) < 4.78 is 5.15. The van der Waals surface area contributed by atoms with Crippen molar-refractivity contribution in [3.63, 3.8) is 0 Å². The van der Waals surface area contributed by atoms with Crippen LogP contribution in [-0.2, 0) is 4.74 Å². The molecule has 0 atom stereocenters. The number of phenols is 1. The van der Waals surface area contributed by atoms with E-state index in [1.165, 1.54) is 0 Å². The maximum atomic E-state index is 9.01. The zero-order chi connectivity index (χ0) is 23.5. The van der Waals surface area contributed by atoms with E-state index in [2.05, 4.69) is 60.3 Å². The van der Waals surface area contributed by atoms with Crippen LogP contribution < -0.4 is 0 Å². The summed E-state index contributed by atoms with van der Waals surface area (Å²) in [7, 11) is 0. The average Bonchev–Trinajstić information content (AvgIpc) is 2.67. The summed E-state index contributed by atoms with van der Waals surface area (Å²) in [6.07, 6.45) is 1.63. The maximum Gasteiger partial charge on any atom is 0.191 e. The van der Waals surface area contributed by atoms with Gasteiger partial charge >= 0.3 is 0 Å². The molecule has 0 fully saturated rings. The summed E-state index contributed by atoms with van der Waals surface area (Å²) in [5, 5.41) is 18.1. The van der Waals surface area contributed by atoms with Crippen molar-refractivity contribution in [2.24, 2.45) is 11.8 Å². The van der Waals surface area contributed by atoms with Crippen LogP contribution in [0.25, 0.3) is 0 Å². The average molecular weight is 449 g/mol. The number of ether oxygens (including phenoxy) is 1. The first-order valence-corrected chi connectivity index (χ1v) is 10.7. The van der Waals surface area contributed by atoms with Gasteiger partial charge in [-0.15, -0.1) is 0 Å². The first-order valence-electron chi connectivity index (χ1n) is 9.86. The van der Waals surface area contributed by atoms with Gasteiger partial charge in [-0.3, -0.25) is 0 Å². The van der Waals surface area contributed by atoms with Crippen molar-refractivity contribution in [3.05, 3.63) is 78.4 Å². The molecular weight excluding hydrogens is 412 g/mol. The molecule has 0 bridgehead atoms. The quantitative estimate of drug-likeness (QED) is 0.374. The van der Waals surface area contributed by atoms with Gasteiger partial charge in [0, 0.05) is 11.1 Å². The molecule has 0 heterocycles. The number of hydrogen-bond acceptors (Lipinski definition) is 4. The monoisotopic (exact) mass is 448 g/mol. The zero-order valence-electron chi connectivity index (χ0n) is 19.0. The lowest BCUT2D eigenvalue weighted by molar-refractivity contribution is 0.361. The van der Waals surface area contributed by atoms with Crippen LogP contribution in [-0.4, -0.2) is 26.9 Å². The molecular formula is C25H36O3S2. The van der Waals surface area contributed by atoms with Gasteiger partial charge < -0.3 is 14.9 Å². The highest BCUT2D eigenvalue weighted by atomic mass is 32.1. The summed E-state index contributed by atoms with van der Waals surface area (Å²) in [5.74, 6) is 1.88. The van der Waals surface area contributed by atoms with Gasteiger partial charge in [0.15, 0.2) is 10.1 Å². The molecule has 0 radical (unpaired) electrons. The fourth-order valence-electron chi connectivity index (χ4n) is 1.40. The highest BCUT2D eigenvalue weighted by Crippen LogP contribution is 2.11. The van der Waals surface area contributed by atoms with E-state index in [0.717, 1.165) is 17.4 Å². The number of benzene rings is 2. The van der Waals surface area contributed by atoms with E-state index in [0.29, 0.717) is 17.2 Å². The number of rotatable bonds is 4. The van der Waals surface area contributed by atoms with Crippen LogP contribution in [0.15, 0.2) is 67.3 Å². The Kier molecular flexibility index (Phi) is 18.7. The summed E-state index contributed by atoms with van der Waals surface area (Å²) in [4.78, 5) is 0. The Balaban J connectivity index is 0. The third-order valence-electron chi connectivity index (χ3n) is 2.46. The van der Waals surface area contributed by atoms with E-state index in [-0.39, 0.29) is 10.8 Å². The number of thiocarbonyl (C=S) groups is 2. The van der Waals surface area contributed by atoms with Gasteiger partial charge in [-0.1, -0.05) is 84.5 Å². The summed E-state index contributed by atoms with van der Waals surface area (Å²) in [6.45, 7) is 16.9. The van der Waals surface area contributed by atoms with Gasteiger partial charge in [-0.2, -0.15) is 0 Å². The van der Waals surface area contributed by atoms with E-state index in [1.54, 1.807) is 42.5 Å². The highest BCUT2D eigenvalue weighted by Gasteiger charge is 2.00. The lowest BCUT2D eigenvalue weighted by Gasteiger charge is -2.04. The minimum Gasteiger partial charge on any atom is -0.508 e. The van der Waals surface area contributed by atoms with Crippen molar-refractivity contribution in [2.45, 2.75) is 41.5 Å². The zero-order valence-corrected chi connectivity index (χ0v) is 20.6. The Bertz CT molecular complexity index is 697. The third-order valence-corrected chi connectivity index (χ3v) is 3.05. The second-order valence-electron chi connectivity index (χ2n) is 7.57. The van der Waals surface area contributed by atoms with Crippen molar-refractivity contribution < 1.29 is 14.9 Å². The smallest absolute Gasteiger partial charge is 0.191 e. The van der Waals surface area contributed by atoms with E-state index in [4.69, 9.17) is 27.2 Å². The molecule has 2 aromatic rings. The van der Waals surface area contributed by atoms with E-state index in [1.807, 2.05) is 18.2 Å². The summed E-state index contributed by atoms with van der Waals surface area (Å²) in [5.41, 5.74) is 1.49. The molecule has 0 saturated heterocycles. The predicted molar refractivity (Wildman–Crippen MR) is 138 cm³/mol. The van der Waals surface area contributed by atoms with Crippen LogP contribution in [0.4, 0.5) is 0 Å². The molecule has 0 unspecified atom stereocenters. The minimum absolute atomic E-state index is 0.0457. The van der Waals surface area contributed by atoms with Crippen molar-refractivity contribution in [1.82, 2.24) is 0 Å². The predicted octanol–water partition coefficient (Wildman–Crippen LogP) is 7.52. The molecule has 0 saturated carbocycles. The largest absolute Gasteiger partial charge is 0.508 e. The number of phenolic OH excluding ortho intramolecular Hbond substituents is 1. The van der Waals surface area contributed by atoms with Crippen LogP contribution in [0.3, 0.4) is 0 Å². The second kappa shape index (κ2) is 18.8. The minimum atomic E-state index is -0.0457. The van der Waals surface area contributed by atoms with Crippen LogP contribution in [0, 0.1) is 11.8 Å². The Morgan fingerprint density at radius 1 is 0.867 bits per heavy atom. The molecule has 0 aromatic heterocycles. The van der Waals surface area contributed by atoms with Crippen molar-refractivity contribution in [3.8, 4) is 5.75 Å². The third kappa shape index (κ3) is 20.5. The van der Waals surface area contributed by atoms with E-state index >= 15 is 0 Å². The Morgan fingerprint density at radius 3 is 1.63 bits per heavy atom.